The van der Waals surface area contributed by atoms with E-state index < -0.39 is 0 Å². The van der Waals surface area contributed by atoms with E-state index in [-0.39, 0.29) is 11.5 Å². The Morgan fingerprint density at radius 2 is 2.13 bits per heavy atom. The molecule has 1 spiro atoms. The molecule has 23 heavy (non-hydrogen) atoms. The average Bonchev–Trinajstić information content (AvgIpc) is 2.99. The average molecular weight is 317 g/mol. The summed E-state index contributed by atoms with van der Waals surface area (Å²) in [5, 5.41) is 0. The molecule has 0 aromatic carbocycles. The lowest BCUT2D eigenvalue weighted by Gasteiger charge is -2.38. The third-order valence-electron chi connectivity index (χ3n) is 5.32. The van der Waals surface area contributed by atoms with Crippen LogP contribution in [0.5, 0.6) is 0 Å². The molecule has 1 aromatic rings. The van der Waals surface area contributed by atoms with Gasteiger partial charge in [-0.2, -0.15) is 0 Å². The number of piperidine rings is 1. The quantitative estimate of drug-likeness (QED) is 0.855. The smallest absolute Gasteiger partial charge is 0.255 e. The fraction of sp³-hybridized carbons (Fsp3) is 0.667. The zero-order valence-corrected chi connectivity index (χ0v) is 14.4. The predicted octanol–water partition coefficient (Wildman–Crippen LogP) is 1.97. The molecule has 2 aliphatic heterocycles. The first-order valence-electron chi connectivity index (χ1n) is 8.57. The standard InChI is InChI=1S/C18H27N3O2/c1-4-15-6-5-14(12-19-15)17(22)21-9-7-18(8-10-21)11-16(13-23-18)20(2)3/h5-6,12,16H,4,7-11,13H2,1-3H3. The van der Waals surface area contributed by atoms with Crippen LogP contribution in [0, 0.1) is 0 Å². The molecule has 5 nitrogen and oxygen atoms in total. The van der Waals surface area contributed by atoms with Crippen LogP contribution < -0.4 is 0 Å². The van der Waals surface area contributed by atoms with Gasteiger partial charge < -0.3 is 14.5 Å². The number of hydrogen-bond acceptors (Lipinski definition) is 4. The molecular formula is C18H27N3O2. The van der Waals surface area contributed by atoms with Gasteiger partial charge in [0.2, 0.25) is 0 Å². The number of carbonyl (C=O) groups excluding carboxylic acids is 1. The van der Waals surface area contributed by atoms with Crippen LogP contribution in [0.25, 0.3) is 0 Å². The van der Waals surface area contributed by atoms with Gasteiger partial charge in [0.1, 0.15) is 0 Å². The maximum Gasteiger partial charge on any atom is 0.255 e. The maximum absolute atomic E-state index is 12.6. The van der Waals surface area contributed by atoms with E-state index in [2.05, 4.69) is 30.9 Å². The topological polar surface area (TPSA) is 45.7 Å². The third-order valence-corrected chi connectivity index (χ3v) is 5.32. The minimum Gasteiger partial charge on any atom is -0.373 e. The van der Waals surface area contributed by atoms with Gasteiger partial charge >= 0.3 is 0 Å². The van der Waals surface area contributed by atoms with Crippen molar-refractivity contribution in [3.05, 3.63) is 29.6 Å². The van der Waals surface area contributed by atoms with E-state index in [1.165, 1.54) is 0 Å². The van der Waals surface area contributed by atoms with Crippen molar-refractivity contribution >= 4 is 5.91 Å². The Morgan fingerprint density at radius 3 is 2.65 bits per heavy atom. The molecule has 2 saturated heterocycles. The number of aryl methyl sites for hydroxylation is 1. The van der Waals surface area contributed by atoms with Crippen LogP contribution in [-0.4, -0.2) is 66.1 Å². The summed E-state index contributed by atoms with van der Waals surface area (Å²) in [4.78, 5) is 21.1. The van der Waals surface area contributed by atoms with Gasteiger partial charge in [-0.1, -0.05) is 6.92 Å². The zero-order valence-electron chi connectivity index (χ0n) is 14.4. The summed E-state index contributed by atoms with van der Waals surface area (Å²) in [6, 6.07) is 4.34. The van der Waals surface area contributed by atoms with Crippen molar-refractivity contribution in [2.24, 2.45) is 0 Å². The first-order chi connectivity index (χ1) is 11.0. The molecule has 0 bridgehead atoms. The van der Waals surface area contributed by atoms with Gasteiger partial charge in [0.15, 0.2) is 0 Å². The molecular weight excluding hydrogens is 290 g/mol. The number of likely N-dealkylation sites (tertiary alicyclic amines) is 1. The Morgan fingerprint density at radius 1 is 1.39 bits per heavy atom. The highest BCUT2D eigenvalue weighted by Crippen LogP contribution is 2.37. The molecule has 1 amide bonds. The van der Waals surface area contributed by atoms with Gasteiger partial charge in [0.25, 0.3) is 5.91 Å². The molecule has 3 rings (SSSR count). The van der Waals surface area contributed by atoms with Crippen molar-refractivity contribution in [1.82, 2.24) is 14.8 Å². The van der Waals surface area contributed by atoms with Crippen molar-refractivity contribution in [1.29, 1.82) is 0 Å². The molecule has 1 atom stereocenters. The zero-order chi connectivity index (χ0) is 16.4. The van der Waals surface area contributed by atoms with E-state index in [1.54, 1.807) is 6.20 Å². The van der Waals surface area contributed by atoms with E-state index in [0.29, 0.717) is 11.6 Å². The third kappa shape index (κ3) is 3.40. The van der Waals surface area contributed by atoms with Gasteiger partial charge in [-0.15, -0.1) is 0 Å². The summed E-state index contributed by atoms with van der Waals surface area (Å²) in [5.74, 6) is 0.0946. The molecule has 3 heterocycles. The van der Waals surface area contributed by atoms with E-state index in [1.807, 2.05) is 17.0 Å². The molecule has 126 valence electrons. The molecule has 1 unspecified atom stereocenters. The first-order valence-corrected chi connectivity index (χ1v) is 8.57. The number of rotatable bonds is 3. The monoisotopic (exact) mass is 317 g/mol. The van der Waals surface area contributed by atoms with E-state index in [0.717, 1.165) is 51.1 Å². The van der Waals surface area contributed by atoms with Crippen LogP contribution in [0.15, 0.2) is 18.3 Å². The number of likely N-dealkylation sites (N-methyl/N-ethyl adjacent to an activating group) is 1. The Bertz CT molecular complexity index is 548. The molecule has 0 N–H and O–H groups in total. The van der Waals surface area contributed by atoms with E-state index >= 15 is 0 Å². The predicted molar refractivity (Wildman–Crippen MR) is 89.5 cm³/mol. The number of carbonyl (C=O) groups is 1. The van der Waals surface area contributed by atoms with Crippen molar-refractivity contribution < 1.29 is 9.53 Å². The highest BCUT2D eigenvalue weighted by molar-refractivity contribution is 5.94. The van der Waals surface area contributed by atoms with E-state index in [4.69, 9.17) is 4.74 Å². The maximum atomic E-state index is 12.6. The van der Waals surface area contributed by atoms with Crippen molar-refractivity contribution in [3.8, 4) is 0 Å². The Hall–Kier alpha value is -1.46. The van der Waals surface area contributed by atoms with Crippen molar-refractivity contribution in [3.63, 3.8) is 0 Å². The fourth-order valence-corrected chi connectivity index (χ4v) is 3.56. The fourth-order valence-electron chi connectivity index (χ4n) is 3.56. The molecule has 0 aliphatic carbocycles. The van der Waals surface area contributed by atoms with Crippen LogP contribution >= 0.6 is 0 Å². The van der Waals surface area contributed by atoms with Crippen LogP contribution in [0.1, 0.15) is 42.2 Å². The minimum atomic E-state index is -0.0178. The second-order valence-corrected chi connectivity index (χ2v) is 7.00. The number of ether oxygens (including phenoxy) is 1. The minimum absolute atomic E-state index is 0.0178. The van der Waals surface area contributed by atoms with Gasteiger partial charge in [-0.25, -0.2) is 0 Å². The van der Waals surface area contributed by atoms with Crippen LogP contribution in [0.2, 0.25) is 0 Å². The highest BCUT2D eigenvalue weighted by atomic mass is 16.5. The van der Waals surface area contributed by atoms with Crippen LogP contribution in [0.4, 0.5) is 0 Å². The summed E-state index contributed by atoms with van der Waals surface area (Å²) in [5.41, 5.74) is 1.70. The second-order valence-electron chi connectivity index (χ2n) is 7.00. The summed E-state index contributed by atoms with van der Waals surface area (Å²) in [6.45, 7) is 4.42. The second kappa shape index (κ2) is 6.57. The lowest BCUT2D eigenvalue weighted by molar-refractivity contribution is -0.0392. The summed E-state index contributed by atoms with van der Waals surface area (Å²) >= 11 is 0. The number of aromatic nitrogens is 1. The number of nitrogens with zero attached hydrogens (tertiary/aromatic N) is 3. The Labute approximate surface area is 138 Å². The van der Waals surface area contributed by atoms with Crippen molar-refractivity contribution in [2.75, 3.05) is 33.8 Å². The van der Waals surface area contributed by atoms with Gasteiger partial charge in [-0.05, 0) is 51.9 Å². The highest BCUT2D eigenvalue weighted by Gasteiger charge is 2.43. The molecule has 2 fully saturated rings. The van der Waals surface area contributed by atoms with Crippen LogP contribution in [0.3, 0.4) is 0 Å². The number of pyridine rings is 1. The summed E-state index contributed by atoms with van der Waals surface area (Å²) in [6.07, 6.45) is 5.55. The number of amides is 1. The number of hydrogen-bond donors (Lipinski definition) is 0. The Balaban J connectivity index is 1.59. The lowest BCUT2D eigenvalue weighted by atomic mass is 9.87. The van der Waals surface area contributed by atoms with Gasteiger partial charge in [0.05, 0.1) is 17.8 Å². The van der Waals surface area contributed by atoms with Gasteiger partial charge in [0, 0.05) is 31.0 Å². The Kier molecular flexibility index (Phi) is 4.69. The largest absolute Gasteiger partial charge is 0.373 e. The van der Waals surface area contributed by atoms with Crippen LogP contribution in [-0.2, 0) is 11.2 Å². The summed E-state index contributed by atoms with van der Waals surface area (Å²) in [7, 11) is 4.22. The van der Waals surface area contributed by atoms with E-state index in [9.17, 15) is 4.79 Å². The normalized spacial score (nSPS) is 23.7. The molecule has 0 radical (unpaired) electrons. The SMILES string of the molecule is CCc1ccc(C(=O)N2CCC3(CC2)CC(N(C)C)CO3)cn1. The molecule has 1 aromatic heterocycles. The van der Waals surface area contributed by atoms with Crippen molar-refractivity contribution in [2.45, 2.75) is 44.2 Å². The summed E-state index contributed by atoms with van der Waals surface area (Å²) < 4.78 is 6.13. The molecule has 5 heteroatoms. The first kappa shape index (κ1) is 16.4. The molecule has 0 saturated carbocycles. The van der Waals surface area contributed by atoms with Gasteiger partial charge in [-0.3, -0.25) is 9.78 Å². The lowest BCUT2D eigenvalue weighted by Crippen LogP contribution is -2.47. The molecule has 2 aliphatic rings.